The molecule has 0 bridgehead atoms. The standard InChI is InChI=1S/C17H11ClFN5OS/c1-10-14(8-11(9-20)16(25)22-17-21-6-7-26-17)15(18)24(23-10)13-4-2-12(19)3-5-13/h2-8H,1H3,(H,21,22,25). The van der Waals surface area contributed by atoms with Crippen LogP contribution < -0.4 is 5.32 Å². The summed E-state index contributed by atoms with van der Waals surface area (Å²) >= 11 is 7.60. The van der Waals surface area contributed by atoms with Gasteiger partial charge in [0.15, 0.2) is 5.13 Å². The van der Waals surface area contributed by atoms with Gasteiger partial charge in [0.25, 0.3) is 5.91 Å². The Morgan fingerprint density at radius 1 is 1.42 bits per heavy atom. The number of rotatable bonds is 4. The van der Waals surface area contributed by atoms with Crippen molar-refractivity contribution >= 4 is 40.1 Å². The van der Waals surface area contributed by atoms with Gasteiger partial charge < -0.3 is 0 Å². The molecule has 0 fully saturated rings. The molecule has 26 heavy (non-hydrogen) atoms. The molecule has 0 radical (unpaired) electrons. The molecule has 3 rings (SSSR count). The number of amides is 1. The maximum atomic E-state index is 13.1. The van der Waals surface area contributed by atoms with Crippen molar-refractivity contribution in [2.45, 2.75) is 6.92 Å². The van der Waals surface area contributed by atoms with Crippen LogP contribution in [-0.4, -0.2) is 20.7 Å². The number of nitrogens with zero attached hydrogens (tertiary/aromatic N) is 4. The molecule has 2 heterocycles. The van der Waals surface area contributed by atoms with Crippen molar-refractivity contribution < 1.29 is 9.18 Å². The van der Waals surface area contributed by atoms with E-state index in [1.807, 2.05) is 6.07 Å². The summed E-state index contributed by atoms with van der Waals surface area (Å²) in [6.45, 7) is 1.70. The number of nitriles is 1. The second-order valence-corrected chi connectivity index (χ2v) is 6.39. The molecule has 0 unspecified atom stereocenters. The van der Waals surface area contributed by atoms with E-state index in [0.29, 0.717) is 22.1 Å². The summed E-state index contributed by atoms with van der Waals surface area (Å²) in [5.41, 5.74) is 1.38. The molecule has 0 atom stereocenters. The van der Waals surface area contributed by atoms with Gasteiger partial charge in [-0.05, 0) is 37.3 Å². The SMILES string of the molecule is Cc1nn(-c2ccc(F)cc2)c(Cl)c1C=C(C#N)C(=O)Nc1nccs1. The number of thiazole rings is 1. The Kier molecular flexibility index (Phi) is 5.11. The fourth-order valence-electron chi connectivity index (χ4n) is 2.17. The number of aryl methyl sites for hydroxylation is 1. The quantitative estimate of drug-likeness (QED) is 0.542. The summed E-state index contributed by atoms with van der Waals surface area (Å²) in [5.74, 6) is -0.966. The Morgan fingerprint density at radius 3 is 2.77 bits per heavy atom. The van der Waals surface area contributed by atoms with Crippen molar-refractivity contribution in [3.63, 3.8) is 0 Å². The molecule has 1 N–H and O–H groups in total. The zero-order valence-electron chi connectivity index (χ0n) is 13.4. The molecule has 1 aromatic carbocycles. The van der Waals surface area contributed by atoms with Crippen LogP contribution in [-0.2, 0) is 4.79 Å². The maximum Gasteiger partial charge on any atom is 0.268 e. The van der Waals surface area contributed by atoms with Crippen molar-refractivity contribution in [3.05, 3.63) is 63.6 Å². The number of hydrogen-bond acceptors (Lipinski definition) is 5. The van der Waals surface area contributed by atoms with Crippen LogP contribution in [0, 0.1) is 24.1 Å². The van der Waals surface area contributed by atoms with E-state index in [2.05, 4.69) is 15.4 Å². The third-order valence-electron chi connectivity index (χ3n) is 3.43. The number of aromatic nitrogens is 3. The van der Waals surface area contributed by atoms with Gasteiger partial charge >= 0.3 is 0 Å². The lowest BCUT2D eigenvalue weighted by Crippen LogP contribution is -2.13. The van der Waals surface area contributed by atoms with E-state index in [1.54, 1.807) is 18.5 Å². The highest BCUT2D eigenvalue weighted by Crippen LogP contribution is 2.26. The largest absolute Gasteiger partial charge is 0.297 e. The first-order chi connectivity index (χ1) is 12.5. The van der Waals surface area contributed by atoms with Gasteiger partial charge in [-0.1, -0.05) is 11.6 Å². The summed E-state index contributed by atoms with van der Waals surface area (Å²) in [7, 11) is 0. The monoisotopic (exact) mass is 387 g/mol. The molecule has 1 amide bonds. The molecule has 0 aliphatic rings. The van der Waals surface area contributed by atoms with E-state index >= 15 is 0 Å². The van der Waals surface area contributed by atoms with E-state index in [0.717, 1.165) is 0 Å². The summed E-state index contributed by atoms with van der Waals surface area (Å²) < 4.78 is 14.5. The van der Waals surface area contributed by atoms with Crippen LogP contribution in [0.25, 0.3) is 11.8 Å². The summed E-state index contributed by atoms with van der Waals surface area (Å²) in [5, 5.41) is 18.5. The van der Waals surface area contributed by atoms with Crippen LogP contribution in [0.15, 0.2) is 41.4 Å². The smallest absolute Gasteiger partial charge is 0.268 e. The molecule has 2 aromatic heterocycles. The van der Waals surface area contributed by atoms with Crippen LogP contribution in [0.3, 0.4) is 0 Å². The van der Waals surface area contributed by atoms with Crippen LogP contribution >= 0.6 is 22.9 Å². The van der Waals surface area contributed by atoms with Gasteiger partial charge in [-0.15, -0.1) is 11.3 Å². The predicted octanol–water partition coefficient (Wildman–Crippen LogP) is 3.98. The summed E-state index contributed by atoms with van der Waals surface area (Å²) in [4.78, 5) is 16.2. The van der Waals surface area contributed by atoms with Gasteiger partial charge in [-0.2, -0.15) is 10.4 Å². The average molecular weight is 388 g/mol. The molecule has 0 saturated carbocycles. The van der Waals surface area contributed by atoms with Gasteiger partial charge in [-0.25, -0.2) is 14.1 Å². The van der Waals surface area contributed by atoms with Gasteiger partial charge in [0.2, 0.25) is 0 Å². The van der Waals surface area contributed by atoms with Crippen molar-refractivity contribution in [3.8, 4) is 11.8 Å². The molecule has 130 valence electrons. The van der Waals surface area contributed by atoms with E-state index in [4.69, 9.17) is 11.6 Å². The Labute approximate surface area is 157 Å². The first kappa shape index (κ1) is 17.8. The molecular formula is C17H11ClFN5OS. The number of carbonyl (C=O) groups excluding carboxylic acids is 1. The van der Waals surface area contributed by atoms with Crippen LogP contribution in [0.2, 0.25) is 5.15 Å². The minimum Gasteiger partial charge on any atom is -0.297 e. The molecular weight excluding hydrogens is 377 g/mol. The Hall–Kier alpha value is -3.02. The van der Waals surface area contributed by atoms with Gasteiger partial charge in [0.05, 0.1) is 11.4 Å². The van der Waals surface area contributed by atoms with Crippen molar-refractivity contribution in [1.29, 1.82) is 5.26 Å². The lowest BCUT2D eigenvalue weighted by molar-refractivity contribution is -0.112. The number of carbonyl (C=O) groups is 1. The zero-order chi connectivity index (χ0) is 18.7. The van der Waals surface area contributed by atoms with Crippen LogP contribution in [0.1, 0.15) is 11.3 Å². The molecule has 0 aliphatic carbocycles. The zero-order valence-corrected chi connectivity index (χ0v) is 15.0. The second kappa shape index (κ2) is 7.47. The van der Waals surface area contributed by atoms with E-state index in [9.17, 15) is 14.4 Å². The first-order valence-corrected chi connectivity index (χ1v) is 8.59. The third kappa shape index (κ3) is 3.64. The predicted molar refractivity (Wildman–Crippen MR) is 97.6 cm³/mol. The third-order valence-corrected chi connectivity index (χ3v) is 4.48. The van der Waals surface area contributed by atoms with E-state index in [1.165, 1.54) is 46.4 Å². The van der Waals surface area contributed by atoms with E-state index < -0.39 is 5.91 Å². The minimum atomic E-state index is -0.590. The van der Waals surface area contributed by atoms with E-state index in [-0.39, 0.29) is 16.5 Å². The van der Waals surface area contributed by atoms with Gasteiger partial charge in [-0.3, -0.25) is 10.1 Å². The van der Waals surface area contributed by atoms with Gasteiger partial charge in [0.1, 0.15) is 22.6 Å². The first-order valence-electron chi connectivity index (χ1n) is 7.33. The number of hydrogen-bond donors (Lipinski definition) is 1. The number of halogens is 2. The van der Waals surface area contributed by atoms with Crippen molar-refractivity contribution in [1.82, 2.24) is 14.8 Å². The highest BCUT2D eigenvalue weighted by molar-refractivity contribution is 7.13. The molecule has 3 aromatic rings. The van der Waals surface area contributed by atoms with Crippen molar-refractivity contribution in [2.24, 2.45) is 0 Å². The second-order valence-electron chi connectivity index (χ2n) is 5.14. The lowest BCUT2D eigenvalue weighted by Gasteiger charge is -2.03. The Bertz CT molecular complexity index is 1020. The highest BCUT2D eigenvalue weighted by Gasteiger charge is 2.17. The number of nitrogens with one attached hydrogen (secondary N) is 1. The average Bonchev–Trinajstić information content (AvgIpc) is 3.22. The topological polar surface area (TPSA) is 83.6 Å². The Morgan fingerprint density at radius 2 is 2.15 bits per heavy atom. The molecule has 0 saturated heterocycles. The molecule has 0 spiro atoms. The molecule has 0 aliphatic heterocycles. The fourth-order valence-corrected chi connectivity index (χ4v) is 3.02. The van der Waals surface area contributed by atoms with Crippen LogP contribution in [0.4, 0.5) is 9.52 Å². The maximum absolute atomic E-state index is 13.1. The van der Waals surface area contributed by atoms with Gasteiger partial charge in [0, 0.05) is 17.1 Å². The summed E-state index contributed by atoms with van der Waals surface area (Å²) in [6, 6.07) is 7.50. The highest BCUT2D eigenvalue weighted by atomic mass is 35.5. The van der Waals surface area contributed by atoms with Crippen LogP contribution in [0.5, 0.6) is 0 Å². The molecule has 9 heteroatoms. The molecule has 6 nitrogen and oxygen atoms in total. The Balaban J connectivity index is 1.95. The number of benzene rings is 1. The number of anilines is 1. The van der Waals surface area contributed by atoms with Crippen molar-refractivity contribution in [2.75, 3.05) is 5.32 Å². The summed E-state index contributed by atoms with van der Waals surface area (Å²) in [6.07, 6.45) is 2.91. The minimum absolute atomic E-state index is 0.135. The lowest BCUT2D eigenvalue weighted by atomic mass is 10.1. The fraction of sp³-hybridized carbons (Fsp3) is 0.0588. The normalized spacial score (nSPS) is 11.2.